The van der Waals surface area contributed by atoms with Gasteiger partial charge >= 0.3 is 0 Å². The summed E-state index contributed by atoms with van der Waals surface area (Å²) in [6, 6.07) is 10.7. The molecule has 0 nitrogen and oxygen atoms in total. The van der Waals surface area contributed by atoms with E-state index in [1.807, 2.05) is 0 Å². The predicted molar refractivity (Wildman–Crippen MR) is 82.0 cm³/mol. The van der Waals surface area contributed by atoms with Crippen LogP contribution in [0.15, 0.2) is 46.1 Å². The number of benzene rings is 1. The van der Waals surface area contributed by atoms with E-state index in [0.717, 1.165) is 0 Å². The van der Waals surface area contributed by atoms with Gasteiger partial charge in [0, 0.05) is 0 Å². The topological polar surface area (TPSA) is 0 Å². The summed E-state index contributed by atoms with van der Waals surface area (Å²) in [7, 11) is 0. The van der Waals surface area contributed by atoms with Gasteiger partial charge in [-0.3, -0.25) is 0 Å². The Morgan fingerprint density at radius 1 is 1.25 bits per heavy atom. The summed E-state index contributed by atoms with van der Waals surface area (Å²) >= 11 is -0.0384. The maximum absolute atomic E-state index is 4.17. The summed E-state index contributed by atoms with van der Waals surface area (Å²) in [5.74, 6) is 0.701. The first-order valence-electron chi connectivity index (χ1n) is 5.66. The molecule has 0 aromatic heterocycles. The smallest absolute Gasteiger partial charge is 0.00736 e. The molecule has 1 atom stereocenters. The molecule has 0 spiro atoms. The normalized spacial score (nSPS) is 20.9. The number of hydrogen-bond acceptors (Lipinski definition) is 0. The fourth-order valence-electron chi connectivity index (χ4n) is 1.95. The van der Waals surface area contributed by atoms with Gasteiger partial charge in [0.15, 0.2) is 0 Å². The van der Waals surface area contributed by atoms with Crippen LogP contribution < -0.4 is 0 Å². The minimum Gasteiger partial charge on any atom is -0.0975 e. The van der Waals surface area contributed by atoms with Crippen molar-refractivity contribution in [2.45, 2.75) is 19.8 Å². The molecular formula is C15H17I. The fourth-order valence-corrected chi connectivity index (χ4v) is 3.54. The SMILES string of the molecule is C=IC1=C(c2ccccc2)C=CC(C)CC1. The van der Waals surface area contributed by atoms with Crippen LogP contribution in [0.1, 0.15) is 25.3 Å². The van der Waals surface area contributed by atoms with Crippen molar-refractivity contribution in [2.75, 3.05) is 0 Å². The van der Waals surface area contributed by atoms with Crippen LogP contribution in [0.3, 0.4) is 0 Å². The molecule has 0 heterocycles. The molecule has 1 aliphatic rings. The Balaban J connectivity index is 2.44. The minimum absolute atomic E-state index is 0.0384. The van der Waals surface area contributed by atoms with Crippen LogP contribution in [-0.4, -0.2) is 4.51 Å². The third kappa shape index (κ3) is 2.70. The fraction of sp³-hybridized carbons (Fsp3) is 0.267. The molecule has 1 aromatic rings. The molecule has 1 aliphatic carbocycles. The lowest BCUT2D eigenvalue weighted by Crippen LogP contribution is -1.86. The van der Waals surface area contributed by atoms with Crippen molar-refractivity contribution in [3.63, 3.8) is 0 Å². The quantitative estimate of drug-likeness (QED) is 0.687. The van der Waals surface area contributed by atoms with E-state index < -0.39 is 0 Å². The van der Waals surface area contributed by atoms with E-state index in [1.165, 1.54) is 24.0 Å². The second-order valence-corrected chi connectivity index (χ2v) is 6.26. The molecule has 0 radical (unpaired) electrons. The molecule has 0 saturated heterocycles. The van der Waals surface area contributed by atoms with E-state index in [0.29, 0.717) is 5.92 Å². The standard InChI is InChI=1S/C15H17I/c1-12-8-10-14(15(16-2)11-9-12)13-6-4-3-5-7-13/h3-8,10,12H,2,9,11H2,1H3. The van der Waals surface area contributed by atoms with Gasteiger partial charge in [0.05, 0.1) is 0 Å². The maximum Gasteiger partial charge on any atom is -0.00736 e. The third-order valence-corrected chi connectivity index (χ3v) is 4.99. The lowest BCUT2D eigenvalue weighted by molar-refractivity contribution is 0.661. The van der Waals surface area contributed by atoms with Gasteiger partial charge in [-0.1, -0.05) is 74.7 Å². The molecule has 0 amide bonds. The average molecular weight is 324 g/mol. The largest absolute Gasteiger partial charge is 0.0975 e. The Labute approximate surface area is 108 Å². The van der Waals surface area contributed by atoms with Crippen molar-refractivity contribution in [1.82, 2.24) is 0 Å². The highest BCUT2D eigenvalue weighted by atomic mass is 127. The minimum atomic E-state index is -0.0384. The molecule has 0 fully saturated rings. The third-order valence-electron chi connectivity index (χ3n) is 2.95. The molecule has 0 saturated carbocycles. The van der Waals surface area contributed by atoms with E-state index >= 15 is 0 Å². The van der Waals surface area contributed by atoms with Crippen molar-refractivity contribution >= 4 is 30.8 Å². The van der Waals surface area contributed by atoms with Gasteiger partial charge in [-0.05, 0) is 33.5 Å². The summed E-state index contributed by atoms with van der Waals surface area (Å²) in [6.45, 7) is 2.30. The highest BCUT2D eigenvalue weighted by molar-refractivity contribution is 14.2. The van der Waals surface area contributed by atoms with E-state index in [2.05, 4.69) is 53.9 Å². The molecule has 84 valence electrons. The summed E-state index contributed by atoms with van der Waals surface area (Å²) in [5, 5.41) is 0. The summed E-state index contributed by atoms with van der Waals surface area (Å²) < 4.78 is 5.77. The Hall–Kier alpha value is -0.700. The van der Waals surface area contributed by atoms with Crippen molar-refractivity contribution in [2.24, 2.45) is 5.92 Å². The summed E-state index contributed by atoms with van der Waals surface area (Å²) in [5.41, 5.74) is 2.79. The van der Waals surface area contributed by atoms with E-state index in [1.54, 1.807) is 3.58 Å². The first-order valence-corrected chi connectivity index (χ1v) is 8.27. The van der Waals surface area contributed by atoms with Gasteiger partial charge in [0.2, 0.25) is 0 Å². The van der Waals surface area contributed by atoms with Crippen LogP contribution in [-0.2, 0) is 0 Å². The van der Waals surface area contributed by atoms with Gasteiger partial charge in [0.25, 0.3) is 0 Å². The number of rotatable bonds is 2. The van der Waals surface area contributed by atoms with E-state index in [-0.39, 0.29) is 20.7 Å². The number of allylic oxidation sites excluding steroid dienone is 4. The maximum atomic E-state index is 4.17. The molecule has 0 aliphatic heterocycles. The predicted octanol–water partition coefficient (Wildman–Crippen LogP) is 4.79. The Morgan fingerprint density at radius 2 is 2.00 bits per heavy atom. The molecular weight excluding hydrogens is 307 g/mol. The van der Waals surface area contributed by atoms with Crippen LogP contribution in [0.4, 0.5) is 0 Å². The van der Waals surface area contributed by atoms with Crippen LogP contribution in [0, 0.1) is 5.92 Å². The average Bonchev–Trinajstić information content (AvgIpc) is 2.52. The molecule has 0 bridgehead atoms. The molecule has 0 N–H and O–H groups in total. The van der Waals surface area contributed by atoms with Crippen molar-refractivity contribution in [3.05, 3.63) is 51.6 Å². The zero-order valence-corrected chi connectivity index (χ0v) is 11.8. The first-order chi connectivity index (χ1) is 7.81. The van der Waals surface area contributed by atoms with E-state index in [4.69, 9.17) is 0 Å². The molecule has 1 heteroatoms. The van der Waals surface area contributed by atoms with Crippen molar-refractivity contribution in [1.29, 1.82) is 0 Å². The monoisotopic (exact) mass is 324 g/mol. The number of hydrogen-bond donors (Lipinski definition) is 0. The highest BCUT2D eigenvalue weighted by Gasteiger charge is 2.10. The number of halogens is 1. The van der Waals surface area contributed by atoms with Crippen molar-refractivity contribution in [3.8, 4) is 0 Å². The molecule has 16 heavy (non-hydrogen) atoms. The lowest BCUT2D eigenvalue weighted by Gasteiger charge is -2.06. The van der Waals surface area contributed by atoms with E-state index in [9.17, 15) is 0 Å². The lowest BCUT2D eigenvalue weighted by atomic mass is 10.1. The zero-order valence-electron chi connectivity index (χ0n) is 9.62. The van der Waals surface area contributed by atoms with Gasteiger partial charge in [-0.15, -0.1) is 0 Å². The Bertz CT molecular complexity index is 426. The second kappa shape index (κ2) is 5.58. The Morgan fingerprint density at radius 3 is 2.69 bits per heavy atom. The summed E-state index contributed by atoms with van der Waals surface area (Å²) in [4.78, 5) is 0. The Kier molecular flexibility index (Phi) is 4.10. The van der Waals surface area contributed by atoms with Crippen LogP contribution in [0.5, 0.6) is 0 Å². The zero-order chi connectivity index (χ0) is 11.4. The molecule has 2 rings (SSSR count). The second-order valence-electron chi connectivity index (χ2n) is 4.19. The molecule has 1 unspecified atom stereocenters. The van der Waals surface area contributed by atoms with Gasteiger partial charge in [-0.25, -0.2) is 0 Å². The summed E-state index contributed by atoms with van der Waals surface area (Å²) in [6.07, 6.45) is 7.16. The van der Waals surface area contributed by atoms with Gasteiger partial charge < -0.3 is 0 Å². The van der Waals surface area contributed by atoms with Gasteiger partial charge in [-0.2, -0.15) is 0 Å². The highest BCUT2D eigenvalue weighted by Crippen LogP contribution is 2.34. The first kappa shape index (κ1) is 11.8. The molecule has 1 aromatic carbocycles. The van der Waals surface area contributed by atoms with Crippen molar-refractivity contribution < 1.29 is 0 Å². The van der Waals surface area contributed by atoms with Gasteiger partial charge in [0.1, 0.15) is 0 Å². The van der Waals surface area contributed by atoms with Crippen LogP contribution in [0.25, 0.3) is 5.57 Å². The van der Waals surface area contributed by atoms with Crippen LogP contribution in [0.2, 0.25) is 0 Å². The van der Waals surface area contributed by atoms with Crippen LogP contribution >= 0.6 is 20.7 Å².